The van der Waals surface area contributed by atoms with Gasteiger partial charge in [-0.15, -0.1) is 11.3 Å². The zero-order chi connectivity index (χ0) is 16.4. The van der Waals surface area contributed by atoms with E-state index in [2.05, 4.69) is 28.6 Å². The highest BCUT2D eigenvalue weighted by Gasteiger charge is 2.26. The molecule has 0 saturated carbocycles. The largest absolute Gasteiger partial charge is 0.325 e. The van der Waals surface area contributed by atoms with Crippen molar-refractivity contribution in [3.63, 3.8) is 0 Å². The molecule has 23 heavy (non-hydrogen) atoms. The highest BCUT2D eigenvalue weighted by Crippen LogP contribution is 2.32. The first-order chi connectivity index (χ1) is 11.0. The molecule has 0 bridgehead atoms. The van der Waals surface area contributed by atoms with Gasteiger partial charge in [-0.1, -0.05) is 6.07 Å². The molecule has 1 atom stereocenters. The van der Waals surface area contributed by atoms with Gasteiger partial charge in [-0.3, -0.25) is 19.8 Å². The van der Waals surface area contributed by atoms with Gasteiger partial charge < -0.3 is 5.32 Å². The molecule has 1 N–H and O–H groups in total. The maximum Gasteiger partial charge on any atom is 0.271 e. The van der Waals surface area contributed by atoms with Gasteiger partial charge in [0.2, 0.25) is 5.91 Å². The SMILES string of the molecule is C[C@H]1c2ccsc2CCN1CC(=O)Nc1cccc([N+](=O)[O-])c1. The molecule has 0 spiro atoms. The molecule has 0 saturated heterocycles. The summed E-state index contributed by atoms with van der Waals surface area (Å²) in [6.45, 7) is 3.22. The average Bonchev–Trinajstić information content (AvgIpc) is 2.99. The van der Waals surface area contributed by atoms with Crippen molar-refractivity contribution in [1.29, 1.82) is 0 Å². The number of nitro benzene ring substituents is 1. The first kappa shape index (κ1) is 15.6. The number of carbonyl (C=O) groups is 1. The van der Waals surface area contributed by atoms with E-state index in [4.69, 9.17) is 0 Å². The van der Waals surface area contributed by atoms with Crippen molar-refractivity contribution < 1.29 is 9.72 Å². The Labute approximate surface area is 137 Å². The Morgan fingerprint density at radius 3 is 3.09 bits per heavy atom. The molecule has 2 aromatic rings. The lowest BCUT2D eigenvalue weighted by atomic mass is 10.0. The number of rotatable bonds is 4. The van der Waals surface area contributed by atoms with Gasteiger partial charge >= 0.3 is 0 Å². The Morgan fingerprint density at radius 2 is 2.30 bits per heavy atom. The molecule has 0 aliphatic carbocycles. The van der Waals surface area contributed by atoms with Crippen LogP contribution >= 0.6 is 11.3 Å². The van der Waals surface area contributed by atoms with Crippen LogP contribution in [0.2, 0.25) is 0 Å². The maximum atomic E-state index is 12.2. The number of nitrogens with one attached hydrogen (secondary N) is 1. The lowest BCUT2D eigenvalue weighted by molar-refractivity contribution is -0.384. The van der Waals surface area contributed by atoms with E-state index in [9.17, 15) is 14.9 Å². The van der Waals surface area contributed by atoms with Crippen LogP contribution in [0.1, 0.15) is 23.4 Å². The van der Waals surface area contributed by atoms with Crippen LogP contribution in [0, 0.1) is 10.1 Å². The summed E-state index contributed by atoms with van der Waals surface area (Å²) in [5.41, 5.74) is 1.71. The fourth-order valence-corrected chi connectivity index (χ4v) is 3.82. The standard InChI is InChI=1S/C16H17N3O3S/c1-11-14-6-8-23-15(14)5-7-18(11)10-16(20)17-12-3-2-4-13(9-12)19(21)22/h2-4,6,8-9,11H,5,7,10H2,1H3,(H,17,20)/t11-/m0/s1. The van der Waals surface area contributed by atoms with Crippen LogP contribution < -0.4 is 5.32 Å². The second kappa shape index (κ2) is 6.47. The van der Waals surface area contributed by atoms with E-state index in [0.29, 0.717) is 5.69 Å². The van der Waals surface area contributed by atoms with Crippen molar-refractivity contribution in [1.82, 2.24) is 4.90 Å². The summed E-state index contributed by atoms with van der Waals surface area (Å²) in [7, 11) is 0. The molecule has 120 valence electrons. The van der Waals surface area contributed by atoms with Crippen LogP contribution in [0.3, 0.4) is 0 Å². The number of nitrogens with zero attached hydrogens (tertiary/aromatic N) is 2. The minimum absolute atomic E-state index is 0.0305. The summed E-state index contributed by atoms with van der Waals surface area (Å²) in [6.07, 6.45) is 0.960. The summed E-state index contributed by atoms with van der Waals surface area (Å²) in [4.78, 5) is 26.1. The third-order valence-corrected chi connectivity index (χ3v) is 5.09. The van der Waals surface area contributed by atoms with Gasteiger partial charge in [-0.05, 0) is 36.4 Å². The third-order valence-electron chi connectivity index (χ3n) is 4.09. The van der Waals surface area contributed by atoms with Crippen molar-refractivity contribution in [2.75, 3.05) is 18.4 Å². The minimum Gasteiger partial charge on any atom is -0.325 e. The van der Waals surface area contributed by atoms with Gasteiger partial charge in [0.15, 0.2) is 0 Å². The van der Waals surface area contributed by atoms with E-state index < -0.39 is 4.92 Å². The van der Waals surface area contributed by atoms with E-state index in [-0.39, 0.29) is 24.2 Å². The third kappa shape index (κ3) is 3.40. The number of benzene rings is 1. The second-order valence-electron chi connectivity index (χ2n) is 5.55. The number of amides is 1. The van der Waals surface area contributed by atoms with E-state index in [1.54, 1.807) is 23.5 Å². The quantitative estimate of drug-likeness (QED) is 0.689. The molecule has 7 heteroatoms. The molecular formula is C16H17N3O3S. The fourth-order valence-electron chi connectivity index (χ4n) is 2.86. The summed E-state index contributed by atoms with van der Waals surface area (Å²) in [6, 6.07) is 8.32. The molecule has 1 aliphatic rings. The maximum absolute atomic E-state index is 12.2. The molecule has 0 fully saturated rings. The Bertz CT molecular complexity index is 744. The van der Waals surface area contributed by atoms with Crippen molar-refractivity contribution in [2.24, 2.45) is 0 Å². The van der Waals surface area contributed by atoms with E-state index in [1.807, 2.05) is 0 Å². The molecular weight excluding hydrogens is 314 g/mol. The van der Waals surface area contributed by atoms with Crippen LogP contribution in [0.4, 0.5) is 11.4 Å². The van der Waals surface area contributed by atoms with Crippen molar-refractivity contribution in [2.45, 2.75) is 19.4 Å². The molecule has 1 aromatic carbocycles. The van der Waals surface area contributed by atoms with E-state index in [0.717, 1.165) is 13.0 Å². The minimum atomic E-state index is -0.472. The zero-order valence-electron chi connectivity index (χ0n) is 12.7. The number of fused-ring (bicyclic) bond motifs is 1. The van der Waals surface area contributed by atoms with Gasteiger partial charge in [0.25, 0.3) is 5.69 Å². The first-order valence-corrected chi connectivity index (χ1v) is 8.27. The predicted molar refractivity (Wildman–Crippen MR) is 89.7 cm³/mol. The number of hydrogen-bond donors (Lipinski definition) is 1. The molecule has 0 unspecified atom stereocenters. The van der Waals surface area contributed by atoms with Crippen LogP contribution in [0.5, 0.6) is 0 Å². The molecule has 3 rings (SSSR count). The lowest BCUT2D eigenvalue weighted by Gasteiger charge is -2.32. The molecule has 1 amide bonds. The Morgan fingerprint density at radius 1 is 1.48 bits per heavy atom. The highest BCUT2D eigenvalue weighted by molar-refractivity contribution is 7.10. The summed E-state index contributed by atoms with van der Waals surface area (Å²) in [5.74, 6) is -0.156. The normalized spacial score (nSPS) is 17.5. The number of hydrogen-bond acceptors (Lipinski definition) is 5. The summed E-state index contributed by atoms with van der Waals surface area (Å²) < 4.78 is 0. The number of thiophene rings is 1. The van der Waals surface area contributed by atoms with Crippen LogP contribution in [0.25, 0.3) is 0 Å². The smallest absolute Gasteiger partial charge is 0.271 e. The Hall–Kier alpha value is -2.25. The molecule has 2 heterocycles. The van der Waals surface area contributed by atoms with Gasteiger partial charge in [0, 0.05) is 35.3 Å². The average molecular weight is 331 g/mol. The molecule has 0 radical (unpaired) electrons. The number of anilines is 1. The Balaban J connectivity index is 1.64. The molecule has 6 nitrogen and oxygen atoms in total. The fraction of sp³-hybridized carbons (Fsp3) is 0.312. The predicted octanol–water partition coefficient (Wildman–Crippen LogP) is 3.21. The highest BCUT2D eigenvalue weighted by atomic mass is 32.1. The zero-order valence-corrected chi connectivity index (χ0v) is 13.5. The van der Waals surface area contributed by atoms with E-state index in [1.165, 1.54) is 22.6 Å². The lowest BCUT2D eigenvalue weighted by Crippen LogP contribution is -2.39. The monoisotopic (exact) mass is 331 g/mol. The van der Waals surface area contributed by atoms with Gasteiger partial charge in [-0.25, -0.2) is 0 Å². The van der Waals surface area contributed by atoms with E-state index >= 15 is 0 Å². The molecule has 1 aliphatic heterocycles. The topological polar surface area (TPSA) is 75.5 Å². The molecule has 1 aromatic heterocycles. The van der Waals surface area contributed by atoms with Crippen LogP contribution in [0.15, 0.2) is 35.7 Å². The van der Waals surface area contributed by atoms with Crippen molar-refractivity contribution in [3.8, 4) is 0 Å². The van der Waals surface area contributed by atoms with Gasteiger partial charge in [-0.2, -0.15) is 0 Å². The van der Waals surface area contributed by atoms with Gasteiger partial charge in [0.1, 0.15) is 0 Å². The van der Waals surface area contributed by atoms with Crippen LogP contribution in [-0.2, 0) is 11.2 Å². The van der Waals surface area contributed by atoms with Crippen molar-refractivity contribution >= 4 is 28.6 Å². The van der Waals surface area contributed by atoms with Crippen molar-refractivity contribution in [3.05, 3.63) is 56.3 Å². The summed E-state index contributed by atoms with van der Waals surface area (Å²) in [5, 5.41) is 15.6. The number of non-ortho nitro benzene ring substituents is 1. The first-order valence-electron chi connectivity index (χ1n) is 7.39. The van der Waals surface area contributed by atoms with Crippen LogP contribution in [-0.4, -0.2) is 28.8 Å². The summed E-state index contributed by atoms with van der Waals surface area (Å²) >= 11 is 1.77. The second-order valence-corrected chi connectivity index (χ2v) is 6.55. The number of nitro groups is 1. The Kier molecular flexibility index (Phi) is 4.40. The number of carbonyl (C=O) groups excluding carboxylic acids is 1. The van der Waals surface area contributed by atoms with Gasteiger partial charge in [0.05, 0.1) is 11.5 Å².